The first-order valence-corrected chi connectivity index (χ1v) is 9.94. The number of nitrogens with zero attached hydrogens (tertiary/aromatic N) is 4. The van der Waals surface area contributed by atoms with Crippen molar-refractivity contribution in [1.29, 1.82) is 0 Å². The summed E-state index contributed by atoms with van der Waals surface area (Å²) in [6, 6.07) is 3.27. The van der Waals surface area contributed by atoms with Crippen molar-refractivity contribution in [3.8, 4) is 0 Å². The topological polar surface area (TPSA) is 87.4 Å². The summed E-state index contributed by atoms with van der Waals surface area (Å²) >= 11 is 0. The number of alkyl halides is 2. The Morgan fingerprint density at radius 3 is 2.62 bits per heavy atom. The number of likely N-dealkylation sites (tertiary alicyclic amines) is 1. The first-order valence-electron chi connectivity index (χ1n) is 9.94. The quantitative estimate of drug-likeness (QED) is 0.786. The van der Waals surface area contributed by atoms with E-state index in [-0.39, 0.29) is 29.1 Å². The summed E-state index contributed by atoms with van der Waals surface area (Å²) in [5.74, 6) is 0.335. The van der Waals surface area contributed by atoms with Gasteiger partial charge in [0.15, 0.2) is 0 Å². The molecule has 2 aliphatic heterocycles. The molecule has 7 nitrogen and oxygen atoms in total. The maximum Gasteiger partial charge on any atom is 0.266 e. The van der Waals surface area contributed by atoms with E-state index < -0.39 is 6.43 Å². The minimum atomic E-state index is -2.61. The summed E-state index contributed by atoms with van der Waals surface area (Å²) in [7, 11) is 0. The highest BCUT2D eigenvalue weighted by Crippen LogP contribution is 2.33. The largest absolute Gasteiger partial charge is 0.367 e. The number of anilines is 1. The van der Waals surface area contributed by atoms with Gasteiger partial charge in [0, 0.05) is 56.2 Å². The number of aromatic nitrogens is 2. The molecule has 3 heterocycles. The van der Waals surface area contributed by atoms with Gasteiger partial charge in [-0.05, 0) is 24.5 Å². The lowest BCUT2D eigenvalue weighted by atomic mass is 9.95. The molecule has 2 fully saturated rings. The standard InChI is InChI=1S/C20H26F2N6O/c1-12-6-14(26-17(29)11-27-8-13(23)9-27)10-28(7-12)16-3-2-15(20(21)22)18-19(16)25-5-4-24-18/h2-5,12-14,20H,6-11,23H2,1H3,(H,26,29)/t12-,14+/m0/s1. The van der Waals surface area contributed by atoms with Crippen molar-refractivity contribution in [2.45, 2.75) is 31.9 Å². The number of carbonyl (C=O) groups is 1. The van der Waals surface area contributed by atoms with Gasteiger partial charge in [-0.15, -0.1) is 0 Å². The van der Waals surface area contributed by atoms with Gasteiger partial charge in [-0.2, -0.15) is 0 Å². The molecule has 9 heteroatoms. The summed E-state index contributed by atoms with van der Waals surface area (Å²) in [6.07, 6.45) is 1.22. The van der Waals surface area contributed by atoms with E-state index in [0.29, 0.717) is 24.5 Å². The summed E-state index contributed by atoms with van der Waals surface area (Å²) in [4.78, 5) is 25.0. The molecule has 2 saturated heterocycles. The summed E-state index contributed by atoms with van der Waals surface area (Å²) in [5, 5.41) is 3.12. The number of nitrogens with one attached hydrogen (secondary N) is 1. The lowest BCUT2D eigenvalue weighted by Crippen LogP contribution is -2.59. The molecular weight excluding hydrogens is 378 g/mol. The van der Waals surface area contributed by atoms with Gasteiger partial charge in [0.25, 0.3) is 6.43 Å². The van der Waals surface area contributed by atoms with E-state index in [0.717, 1.165) is 31.7 Å². The fourth-order valence-electron chi connectivity index (χ4n) is 4.36. The fraction of sp³-hybridized carbons (Fsp3) is 0.550. The zero-order chi connectivity index (χ0) is 20.5. The van der Waals surface area contributed by atoms with Crippen LogP contribution in [0.5, 0.6) is 0 Å². The van der Waals surface area contributed by atoms with Gasteiger partial charge >= 0.3 is 0 Å². The van der Waals surface area contributed by atoms with Gasteiger partial charge in [-0.1, -0.05) is 6.92 Å². The highest BCUT2D eigenvalue weighted by atomic mass is 19.3. The molecule has 1 aromatic heterocycles. The Bertz CT molecular complexity index is 888. The van der Waals surface area contributed by atoms with Gasteiger partial charge < -0.3 is 16.0 Å². The Morgan fingerprint density at radius 2 is 1.93 bits per heavy atom. The van der Waals surface area contributed by atoms with Gasteiger partial charge in [-0.25, -0.2) is 8.78 Å². The molecule has 2 aromatic rings. The molecule has 0 unspecified atom stereocenters. The molecule has 2 aliphatic rings. The Balaban J connectivity index is 1.51. The third-order valence-electron chi connectivity index (χ3n) is 5.59. The van der Waals surface area contributed by atoms with Crippen LogP contribution in [0.3, 0.4) is 0 Å². The molecule has 0 bridgehead atoms. The second-order valence-electron chi connectivity index (χ2n) is 8.19. The van der Waals surface area contributed by atoms with Crippen LogP contribution in [0.2, 0.25) is 0 Å². The number of rotatable bonds is 5. The molecule has 156 valence electrons. The van der Waals surface area contributed by atoms with Gasteiger partial charge in [0.05, 0.1) is 17.7 Å². The summed E-state index contributed by atoms with van der Waals surface area (Å²) in [5.41, 5.74) is 7.13. The normalized spacial score (nSPS) is 23.4. The molecule has 3 N–H and O–H groups in total. The summed E-state index contributed by atoms with van der Waals surface area (Å²) < 4.78 is 26.7. The van der Waals surface area contributed by atoms with Crippen molar-refractivity contribution in [2.75, 3.05) is 37.6 Å². The third-order valence-corrected chi connectivity index (χ3v) is 5.59. The van der Waals surface area contributed by atoms with Crippen LogP contribution in [-0.2, 0) is 4.79 Å². The molecule has 0 radical (unpaired) electrons. The Kier molecular flexibility index (Phi) is 5.60. The number of hydrogen-bond donors (Lipinski definition) is 2. The second-order valence-corrected chi connectivity index (χ2v) is 8.19. The third kappa shape index (κ3) is 4.30. The number of halogens is 2. The van der Waals surface area contributed by atoms with Crippen LogP contribution < -0.4 is 16.0 Å². The first kappa shape index (κ1) is 19.9. The predicted octanol–water partition coefficient (Wildman–Crippen LogP) is 1.54. The van der Waals surface area contributed by atoms with Gasteiger partial charge in [0.2, 0.25) is 5.91 Å². The van der Waals surface area contributed by atoms with Crippen molar-refractivity contribution in [1.82, 2.24) is 20.2 Å². The fourth-order valence-corrected chi connectivity index (χ4v) is 4.36. The van der Waals surface area contributed by atoms with Crippen LogP contribution in [0.25, 0.3) is 11.0 Å². The number of nitrogens with two attached hydrogens (primary N) is 1. The summed E-state index contributed by atoms with van der Waals surface area (Å²) in [6.45, 7) is 5.36. The number of hydrogen-bond acceptors (Lipinski definition) is 6. The van der Waals surface area contributed by atoms with Crippen molar-refractivity contribution in [3.05, 3.63) is 30.1 Å². The maximum atomic E-state index is 13.4. The second kappa shape index (κ2) is 8.16. The number of fused-ring (bicyclic) bond motifs is 1. The first-order chi connectivity index (χ1) is 13.9. The van der Waals surface area contributed by atoms with Crippen molar-refractivity contribution >= 4 is 22.6 Å². The zero-order valence-corrected chi connectivity index (χ0v) is 16.4. The average Bonchev–Trinajstić information content (AvgIpc) is 2.65. The van der Waals surface area contributed by atoms with E-state index in [9.17, 15) is 13.6 Å². The minimum absolute atomic E-state index is 0.00588. The molecule has 4 rings (SSSR count). The molecule has 0 spiro atoms. The van der Waals surface area contributed by atoms with E-state index in [4.69, 9.17) is 5.73 Å². The Morgan fingerprint density at radius 1 is 1.21 bits per heavy atom. The number of amides is 1. The smallest absolute Gasteiger partial charge is 0.266 e. The minimum Gasteiger partial charge on any atom is -0.367 e. The molecule has 0 saturated carbocycles. The van der Waals surface area contributed by atoms with Gasteiger partial charge in [0.1, 0.15) is 5.52 Å². The highest BCUT2D eigenvalue weighted by Gasteiger charge is 2.30. The monoisotopic (exact) mass is 404 g/mol. The molecule has 29 heavy (non-hydrogen) atoms. The molecule has 0 aliphatic carbocycles. The van der Waals surface area contributed by atoms with Crippen LogP contribution in [0, 0.1) is 5.92 Å². The van der Waals surface area contributed by atoms with Crippen molar-refractivity contribution < 1.29 is 13.6 Å². The van der Waals surface area contributed by atoms with E-state index in [1.54, 1.807) is 6.07 Å². The highest BCUT2D eigenvalue weighted by molar-refractivity contribution is 5.90. The Hall–Kier alpha value is -2.39. The maximum absolute atomic E-state index is 13.4. The van der Waals surface area contributed by atoms with Crippen LogP contribution in [-0.4, -0.2) is 65.6 Å². The molecular formula is C20H26F2N6O. The molecule has 2 atom stereocenters. The number of piperidine rings is 1. The van der Waals surface area contributed by atoms with Crippen molar-refractivity contribution in [2.24, 2.45) is 11.7 Å². The Labute approximate surface area is 168 Å². The van der Waals surface area contributed by atoms with Crippen LogP contribution >= 0.6 is 0 Å². The van der Waals surface area contributed by atoms with E-state index in [1.807, 2.05) is 4.90 Å². The number of carbonyl (C=O) groups excluding carboxylic acids is 1. The lowest BCUT2D eigenvalue weighted by Gasteiger charge is -2.40. The zero-order valence-electron chi connectivity index (χ0n) is 16.4. The van der Waals surface area contributed by atoms with E-state index in [2.05, 4.69) is 27.1 Å². The molecule has 1 amide bonds. The molecule has 1 aromatic carbocycles. The van der Waals surface area contributed by atoms with E-state index in [1.165, 1.54) is 18.5 Å². The lowest BCUT2D eigenvalue weighted by molar-refractivity contribution is -0.124. The SMILES string of the molecule is C[C@H]1C[C@@H](NC(=O)CN2CC(N)C2)CN(c2ccc(C(F)F)c3nccnc23)C1. The predicted molar refractivity (Wildman–Crippen MR) is 107 cm³/mol. The van der Waals surface area contributed by atoms with Gasteiger partial charge in [-0.3, -0.25) is 19.7 Å². The number of benzene rings is 1. The average molecular weight is 404 g/mol. The van der Waals surface area contributed by atoms with Crippen LogP contribution in [0.15, 0.2) is 24.5 Å². The van der Waals surface area contributed by atoms with Crippen LogP contribution in [0.1, 0.15) is 25.3 Å². The van der Waals surface area contributed by atoms with E-state index >= 15 is 0 Å². The van der Waals surface area contributed by atoms with Crippen molar-refractivity contribution in [3.63, 3.8) is 0 Å². The van der Waals surface area contributed by atoms with Crippen LogP contribution in [0.4, 0.5) is 14.5 Å².